The van der Waals surface area contributed by atoms with E-state index in [1.54, 1.807) is 60.7 Å². The summed E-state index contributed by atoms with van der Waals surface area (Å²) in [5, 5.41) is 15.3. The highest BCUT2D eigenvalue weighted by Gasteiger charge is 2.13. The van der Waals surface area contributed by atoms with Gasteiger partial charge >= 0.3 is 0 Å². The number of hydrogen-bond donors (Lipinski definition) is 3. The van der Waals surface area contributed by atoms with Crippen LogP contribution in [-0.4, -0.2) is 11.0 Å². The molecule has 0 unspecified atom stereocenters. The Hall–Kier alpha value is -3.76. The van der Waals surface area contributed by atoms with Gasteiger partial charge in [0.1, 0.15) is 5.82 Å². The molecule has 0 atom stereocenters. The van der Waals surface area contributed by atoms with Gasteiger partial charge < -0.3 is 16.4 Å². The molecule has 0 radical (unpaired) electrons. The maximum Gasteiger partial charge on any atom is 0.251 e. The lowest BCUT2D eigenvalue weighted by atomic mass is 10.0. The van der Waals surface area contributed by atoms with Crippen molar-refractivity contribution in [3.63, 3.8) is 0 Å². The van der Waals surface area contributed by atoms with Gasteiger partial charge in [-0.1, -0.05) is 30.3 Å². The molecule has 0 spiro atoms. The normalized spacial score (nSPS) is 10.0. The first-order valence-corrected chi connectivity index (χ1v) is 8.65. The van der Waals surface area contributed by atoms with Gasteiger partial charge in [-0.25, -0.2) is 4.39 Å². The quantitative estimate of drug-likeness (QED) is 0.579. The number of anilines is 2. The van der Waals surface area contributed by atoms with Gasteiger partial charge in [0, 0.05) is 16.9 Å². The summed E-state index contributed by atoms with van der Waals surface area (Å²) < 4.78 is 14.5. The Kier molecular flexibility index (Phi) is 5.63. The van der Waals surface area contributed by atoms with E-state index in [1.807, 2.05) is 0 Å². The number of nitriles is 1. The van der Waals surface area contributed by atoms with Gasteiger partial charge in [-0.2, -0.15) is 5.26 Å². The minimum absolute atomic E-state index is 0.148. The van der Waals surface area contributed by atoms with Crippen molar-refractivity contribution in [2.24, 2.45) is 5.73 Å². The molecule has 0 saturated heterocycles. The van der Waals surface area contributed by atoms with Gasteiger partial charge in [-0.05, 0) is 54.2 Å². The van der Waals surface area contributed by atoms with Gasteiger partial charge in [0.25, 0.3) is 5.91 Å². The fraction of sp³-hybridized carbons (Fsp3) is 0. The van der Waals surface area contributed by atoms with Crippen molar-refractivity contribution in [1.29, 1.82) is 5.26 Å². The van der Waals surface area contributed by atoms with E-state index in [2.05, 4.69) is 16.7 Å². The number of carbonyl (C=O) groups is 1. The summed E-state index contributed by atoms with van der Waals surface area (Å²) in [5.41, 5.74) is 7.85. The highest BCUT2D eigenvalue weighted by Crippen LogP contribution is 2.26. The number of halogens is 1. The summed E-state index contributed by atoms with van der Waals surface area (Å²) in [6.45, 7) is 0. The van der Waals surface area contributed by atoms with E-state index in [0.29, 0.717) is 27.6 Å². The first-order valence-electron chi connectivity index (χ1n) is 8.25. The second kappa shape index (κ2) is 8.29. The molecule has 1 amide bonds. The van der Waals surface area contributed by atoms with Crippen molar-refractivity contribution < 1.29 is 9.18 Å². The third kappa shape index (κ3) is 4.31. The number of nitrogens with zero attached hydrogens (tertiary/aromatic N) is 1. The number of rotatable bonds is 4. The molecular weight excluding hydrogens is 375 g/mol. The predicted octanol–water partition coefficient (Wildman–Crippen LogP) is 4.27. The van der Waals surface area contributed by atoms with Crippen LogP contribution in [0.1, 0.15) is 15.9 Å². The van der Waals surface area contributed by atoms with E-state index in [1.165, 1.54) is 6.07 Å². The van der Waals surface area contributed by atoms with Gasteiger partial charge in [0.2, 0.25) is 0 Å². The maximum absolute atomic E-state index is 14.5. The third-order valence-corrected chi connectivity index (χ3v) is 4.17. The molecule has 3 aromatic carbocycles. The third-order valence-electron chi connectivity index (χ3n) is 3.97. The Bertz CT molecular complexity index is 1090. The number of hydrogen-bond acceptors (Lipinski definition) is 3. The lowest BCUT2D eigenvalue weighted by Gasteiger charge is -2.12. The second-order valence-corrected chi connectivity index (χ2v) is 6.29. The standard InChI is InChI=1S/C21H15FN4OS/c22-19-17(5-2-6-18(19)20(24)27)14-7-9-15(10-8-14)25-21(28)26-16-4-1-3-13(11-16)12-23/h1-11H,(H2,24,27)(H2,25,26,28). The summed E-state index contributed by atoms with van der Waals surface area (Å²) >= 11 is 5.27. The summed E-state index contributed by atoms with van der Waals surface area (Å²) in [6.07, 6.45) is 0. The van der Waals surface area contributed by atoms with E-state index in [-0.39, 0.29) is 11.1 Å². The largest absolute Gasteiger partial charge is 0.366 e. The molecule has 0 aliphatic rings. The molecule has 0 saturated carbocycles. The Labute approximate surface area is 166 Å². The van der Waals surface area contributed by atoms with Crippen LogP contribution in [0.4, 0.5) is 15.8 Å². The zero-order chi connectivity index (χ0) is 20.1. The van der Waals surface area contributed by atoms with Crippen LogP contribution in [0.5, 0.6) is 0 Å². The van der Waals surface area contributed by atoms with Crippen molar-refractivity contribution >= 4 is 34.6 Å². The van der Waals surface area contributed by atoms with Crippen molar-refractivity contribution in [1.82, 2.24) is 0 Å². The molecule has 0 bridgehead atoms. The molecular formula is C21H15FN4OS. The molecule has 3 aromatic rings. The first-order chi connectivity index (χ1) is 13.5. The van der Waals surface area contributed by atoms with Crippen LogP contribution in [0.15, 0.2) is 66.7 Å². The van der Waals surface area contributed by atoms with Gasteiger partial charge in [-0.15, -0.1) is 0 Å². The fourth-order valence-electron chi connectivity index (χ4n) is 2.64. The van der Waals surface area contributed by atoms with Gasteiger partial charge in [0.15, 0.2) is 5.11 Å². The molecule has 4 N–H and O–H groups in total. The zero-order valence-corrected chi connectivity index (χ0v) is 15.4. The minimum atomic E-state index is -0.811. The second-order valence-electron chi connectivity index (χ2n) is 5.88. The Morgan fingerprint density at radius 1 is 1.00 bits per heavy atom. The Morgan fingerprint density at radius 3 is 2.36 bits per heavy atom. The number of amides is 1. The van der Waals surface area contributed by atoms with Crippen LogP contribution in [0.2, 0.25) is 0 Å². The topological polar surface area (TPSA) is 90.9 Å². The molecule has 28 heavy (non-hydrogen) atoms. The van der Waals surface area contributed by atoms with E-state index in [9.17, 15) is 9.18 Å². The first kappa shape index (κ1) is 19.0. The summed E-state index contributed by atoms with van der Waals surface area (Å²) in [7, 11) is 0. The molecule has 0 aromatic heterocycles. The number of benzene rings is 3. The number of carbonyl (C=O) groups excluding carboxylic acids is 1. The number of primary amides is 1. The van der Waals surface area contributed by atoms with Crippen molar-refractivity contribution in [2.45, 2.75) is 0 Å². The van der Waals surface area contributed by atoms with E-state index < -0.39 is 11.7 Å². The number of nitrogens with two attached hydrogens (primary N) is 1. The van der Waals surface area contributed by atoms with Crippen LogP contribution in [0.3, 0.4) is 0 Å². The highest BCUT2D eigenvalue weighted by molar-refractivity contribution is 7.80. The van der Waals surface area contributed by atoms with E-state index in [4.69, 9.17) is 23.2 Å². The SMILES string of the molecule is N#Cc1cccc(NC(=S)Nc2ccc(-c3cccc(C(N)=O)c3F)cc2)c1. The van der Waals surface area contributed by atoms with Gasteiger partial charge in [-0.3, -0.25) is 4.79 Å². The molecule has 138 valence electrons. The van der Waals surface area contributed by atoms with Gasteiger partial charge in [0.05, 0.1) is 17.2 Å². The van der Waals surface area contributed by atoms with E-state index >= 15 is 0 Å². The van der Waals surface area contributed by atoms with Crippen molar-refractivity contribution in [2.75, 3.05) is 10.6 Å². The zero-order valence-electron chi connectivity index (χ0n) is 14.6. The molecule has 0 heterocycles. The molecule has 0 aliphatic heterocycles. The highest BCUT2D eigenvalue weighted by atomic mass is 32.1. The van der Waals surface area contributed by atoms with Crippen molar-refractivity contribution in [3.05, 3.63) is 83.7 Å². The minimum Gasteiger partial charge on any atom is -0.366 e. The smallest absolute Gasteiger partial charge is 0.251 e. The molecule has 3 rings (SSSR count). The lowest BCUT2D eigenvalue weighted by molar-refractivity contribution is 0.0996. The Morgan fingerprint density at radius 2 is 1.68 bits per heavy atom. The number of thiocarbonyl (C=S) groups is 1. The van der Waals surface area contributed by atoms with Crippen LogP contribution in [-0.2, 0) is 0 Å². The van der Waals surface area contributed by atoms with Crippen LogP contribution in [0, 0.1) is 17.1 Å². The molecule has 7 heteroatoms. The monoisotopic (exact) mass is 390 g/mol. The maximum atomic E-state index is 14.5. The average Bonchev–Trinajstić information content (AvgIpc) is 2.68. The van der Waals surface area contributed by atoms with Crippen molar-refractivity contribution in [3.8, 4) is 17.2 Å². The van der Waals surface area contributed by atoms with E-state index in [0.717, 1.165) is 0 Å². The fourth-order valence-corrected chi connectivity index (χ4v) is 2.87. The molecule has 5 nitrogen and oxygen atoms in total. The summed E-state index contributed by atoms with van der Waals surface area (Å²) in [4.78, 5) is 11.3. The van der Waals surface area contributed by atoms with Crippen LogP contribution < -0.4 is 16.4 Å². The lowest BCUT2D eigenvalue weighted by Crippen LogP contribution is -2.19. The number of nitrogens with one attached hydrogen (secondary N) is 2. The Balaban J connectivity index is 1.73. The average molecular weight is 390 g/mol. The summed E-state index contributed by atoms with van der Waals surface area (Å²) in [5.74, 6) is -1.46. The van der Waals surface area contributed by atoms with Crippen LogP contribution in [0.25, 0.3) is 11.1 Å². The molecule has 0 fully saturated rings. The predicted molar refractivity (Wildman–Crippen MR) is 111 cm³/mol. The molecule has 0 aliphatic carbocycles. The van der Waals surface area contributed by atoms with Crippen LogP contribution >= 0.6 is 12.2 Å². The summed E-state index contributed by atoms with van der Waals surface area (Å²) in [6, 6.07) is 20.4.